The molecule has 0 amide bonds. The SMILES string of the molecule is CN1CCC(C(C2CCN(C)CC2)C(C(=O)C(C)(C)Oc2ccc(Cl)cc2)N(C2CCN(C)CC2)C2CCN(C)CC2)CC1. The molecule has 0 N–H and O–H groups in total. The average molecular weight is 630 g/mol. The summed E-state index contributed by atoms with van der Waals surface area (Å²) in [7, 11) is 9.02. The largest absolute Gasteiger partial charge is 0.480 e. The van der Waals surface area contributed by atoms with E-state index in [9.17, 15) is 0 Å². The molecule has 5 rings (SSSR count). The molecule has 4 aliphatic rings. The number of carbonyl (C=O) groups excluding carboxylic acids is 1. The number of ketones is 1. The van der Waals surface area contributed by atoms with Gasteiger partial charge in [-0.25, -0.2) is 0 Å². The molecule has 1 aromatic carbocycles. The zero-order valence-corrected chi connectivity index (χ0v) is 29.3. The van der Waals surface area contributed by atoms with Crippen LogP contribution in [0.25, 0.3) is 0 Å². The maximum absolute atomic E-state index is 15.5. The Balaban J connectivity index is 1.58. The molecule has 4 saturated heterocycles. The molecule has 4 fully saturated rings. The van der Waals surface area contributed by atoms with Gasteiger partial charge in [0.15, 0.2) is 11.4 Å². The van der Waals surface area contributed by atoms with Crippen molar-refractivity contribution in [2.45, 2.75) is 88.9 Å². The maximum Gasteiger partial charge on any atom is 0.193 e. The number of hydrogen-bond acceptors (Lipinski definition) is 7. The predicted molar refractivity (Wildman–Crippen MR) is 182 cm³/mol. The number of rotatable bonds is 10. The lowest BCUT2D eigenvalue weighted by Gasteiger charge is -2.54. The van der Waals surface area contributed by atoms with Gasteiger partial charge >= 0.3 is 0 Å². The number of benzene rings is 1. The Labute approximate surface area is 273 Å². The monoisotopic (exact) mass is 629 g/mol. The summed E-state index contributed by atoms with van der Waals surface area (Å²) >= 11 is 6.22. The third-order valence-electron chi connectivity index (χ3n) is 11.6. The van der Waals surface area contributed by atoms with Crippen LogP contribution in [-0.4, -0.2) is 135 Å². The van der Waals surface area contributed by atoms with Crippen molar-refractivity contribution in [2.24, 2.45) is 17.8 Å². The second-order valence-electron chi connectivity index (χ2n) is 15.3. The lowest BCUT2D eigenvalue weighted by atomic mass is 9.66. The Morgan fingerprint density at radius 2 is 1.07 bits per heavy atom. The van der Waals surface area contributed by atoms with Gasteiger partial charge in [0.05, 0.1) is 6.04 Å². The highest BCUT2D eigenvalue weighted by atomic mass is 35.5. The Bertz CT molecular complexity index is 945. The quantitative estimate of drug-likeness (QED) is 0.351. The lowest BCUT2D eigenvalue weighted by molar-refractivity contribution is -0.148. The first-order valence-electron chi connectivity index (χ1n) is 17.5. The number of piperidine rings is 4. The summed E-state index contributed by atoms with van der Waals surface area (Å²) in [6, 6.07) is 8.25. The number of Topliss-reactive ketones (excluding diaryl/α,β-unsaturated/α-hetero) is 1. The first kappa shape index (κ1) is 34.1. The van der Waals surface area contributed by atoms with Crippen LogP contribution in [0.15, 0.2) is 24.3 Å². The summed E-state index contributed by atoms with van der Waals surface area (Å²) in [4.78, 5) is 28.3. The molecule has 0 spiro atoms. The van der Waals surface area contributed by atoms with Crippen LogP contribution < -0.4 is 4.74 Å². The van der Waals surface area contributed by atoms with E-state index < -0.39 is 5.60 Å². The number of halogens is 1. The highest BCUT2D eigenvalue weighted by Gasteiger charge is 2.51. The molecule has 0 bridgehead atoms. The van der Waals surface area contributed by atoms with Crippen molar-refractivity contribution in [3.63, 3.8) is 0 Å². The minimum Gasteiger partial charge on any atom is -0.480 e. The van der Waals surface area contributed by atoms with E-state index in [1.165, 1.54) is 25.7 Å². The second-order valence-corrected chi connectivity index (χ2v) is 15.7. The molecule has 1 atom stereocenters. The van der Waals surface area contributed by atoms with Crippen LogP contribution in [0.4, 0.5) is 0 Å². The van der Waals surface area contributed by atoms with E-state index in [-0.39, 0.29) is 11.8 Å². The van der Waals surface area contributed by atoms with Gasteiger partial charge in [-0.2, -0.15) is 0 Å². The zero-order valence-electron chi connectivity index (χ0n) is 28.5. The molecule has 0 radical (unpaired) electrons. The zero-order chi connectivity index (χ0) is 31.4. The van der Waals surface area contributed by atoms with Crippen molar-refractivity contribution < 1.29 is 9.53 Å². The fraction of sp³-hybridized carbons (Fsp3) is 0.806. The van der Waals surface area contributed by atoms with Crippen molar-refractivity contribution in [1.29, 1.82) is 0 Å². The molecule has 7 nitrogen and oxygen atoms in total. The van der Waals surface area contributed by atoms with E-state index in [1.807, 2.05) is 38.1 Å². The Morgan fingerprint density at radius 1 is 0.705 bits per heavy atom. The van der Waals surface area contributed by atoms with E-state index >= 15 is 4.79 Å². The minimum atomic E-state index is -0.956. The Kier molecular flexibility index (Phi) is 11.7. The fourth-order valence-corrected chi connectivity index (χ4v) is 8.90. The van der Waals surface area contributed by atoms with Gasteiger partial charge in [-0.3, -0.25) is 9.69 Å². The average Bonchev–Trinajstić information content (AvgIpc) is 3.01. The van der Waals surface area contributed by atoms with Crippen LogP contribution in [0, 0.1) is 17.8 Å². The summed E-state index contributed by atoms with van der Waals surface area (Å²) in [6.45, 7) is 13.0. The third-order valence-corrected chi connectivity index (χ3v) is 11.8. The van der Waals surface area contributed by atoms with Crippen LogP contribution in [0.1, 0.15) is 65.2 Å². The van der Waals surface area contributed by atoms with Crippen molar-refractivity contribution in [1.82, 2.24) is 24.5 Å². The van der Waals surface area contributed by atoms with Crippen LogP contribution in [-0.2, 0) is 4.79 Å². The summed E-state index contributed by atoms with van der Waals surface area (Å²) in [5.41, 5.74) is -0.956. The summed E-state index contributed by atoms with van der Waals surface area (Å²) in [5.74, 6) is 2.46. The van der Waals surface area contributed by atoms with Gasteiger partial charge in [0.25, 0.3) is 0 Å². The van der Waals surface area contributed by atoms with Crippen LogP contribution in [0.3, 0.4) is 0 Å². The molecule has 0 saturated carbocycles. The minimum absolute atomic E-state index is 0.138. The standard InChI is InChI=1S/C36H60ClN5O2/c1-36(2,44-32-9-7-29(37)8-10-32)35(43)34(33(27-11-19-38(3)20-12-27)28-13-21-39(4)22-14-28)42(30-15-23-40(5)24-16-30)31-17-25-41(6)26-18-31/h7-10,27-28,30-31,33-34H,11-26H2,1-6H3. The Morgan fingerprint density at radius 3 is 1.45 bits per heavy atom. The van der Waals surface area contributed by atoms with Crippen LogP contribution in [0.2, 0.25) is 5.02 Å². The van der Waals surface area contributed by atoms with Gasteiger partial charge in [-0.1, -0.05) is 11.6 Å². The van der Waals surface area contributed by atoms with Crippen LogP contribution >= 0.6 is 11.6 Å². The fourth-order valence-electron chi connectivity index (χ4n) is 8.78. The third kappa shape index (κ3) is 8.38. The predicted octanol–water partition coefficient (Wildman–Crippen LogP) is 5.23. The molecular formula is C36H60ClN5O2. The Hall–Kier alpha value is -1.22. The molecule has 8 heteroatoms. The van der Waals surface area contributed by atoms with E-state index in [1.54, 1.807) is 0 Å². The highest BCUT2D eigenvalue weighted by Crippen LogP contribution is 2.43. The van der Waals surface area contributed by atoms with Gasteiger partial charge in [0, 0.05) is 17.1 Å². The number of carbonyl (C=O) groups is 1. The van der Waals surface area contributed by atoms with Crippen molar-refractivity contribution in [3.05, 3.63) is 29.3 Å². The van der Waals surface area contributed by atoms with Crippen molar-refractivity contribution >= 4 is 17.4 Å². The summed E-state index contributed by atoms with van der Waals surface area (Å²) in [6.07, 6.45) is 9.29. The first-order valence-corrected chi connectivity index (χ1v) is 17.9. The molecule has 44 heavy (non-hydrogen) atoms. The first-order chi connectivity index (χ1) is 21.0. The highest BCUT2D eigenvalue weighted by molar-refractivity contribution is 6.30. The molecule has 0 aliphatic carbocycles. The number of hydrogen-bond donors (Lipinski definition) is 0. The van der Waals surface area contributed by atoms with Crippen molar-refractivity contribution in [2.75, 3.05) is 80.5 Å². The van der Waals surface area contributed by atoms with E-state index in [2.05, 4.69) is 52.7 Å². The lowest BCUT2D eigenvalue weighted by Crippen LogP contribution is -2.65. The molecular weight excluding hydrogens is 570 g/mol. The second kappa shape index (κ2) is 15.1. The van der Waals surface area contributed by atoms with Gasteiger partial charge in [-0.05, 0) is 188 Å². The van der Waals surface area contributed by atoms with Crippen LogP contribution in [0.5, 0.6) is 5.75 Å². The van der Waals surface area contributed by atoms with E-state index in [4.69, 9.17) is 16.3 Å². The van der Waals surface area contributed by atoms with Crippen molar-refractivity contribution in [3.8, 4) is 5.75 Å². The van der Waals surface area contributed by atoms with Gasteiger partial charge in [0.1, 0.15) is 5.75 Å². The van der Waals surface area contributed by atoms with E-state index in [0.29, 0.717) is 40.6 Å². The normalized spacial score (nSPS) is 24.8. The molecule has 1 unspecified atom stereocenters. The number of ether oxygens (including phenoxy) is 1. The topological polar surface area (TPSA) is 42.5 Å². The van der Waals surface area contributed by atoms with Gasteiger partial charge in [0.2, 0.25) is 0 Å². The molecule has 0 aromatic heterocycles. The molecule has 4 aliphatic heterocycles. The number of nitrogens with zero attached hydrogens (tertiary/aromatic N) is 5. The maximum atomic E-state index is 15.5. The van der Waals surface area contributed by atoms with Gasteiger partial charge in [-0.15, -0.1) is 0 Å². The summed E-state index contributed by atoms with van der Waals surface area (Å²) in [5, 5.41) is 0.680. The number of likely N-dealkylation sites (tertiary alicyclic amines) is 4. The summed E-state index contributed by atoms with van der Waals surface area (Å²) < 4.78 is 6.65. The van der Waals surface area contributed by atoms with E-state index in [0.717, 1.165) is 78.0 Å². The molecule has 1 aromatic rings. The molecule has 248 valence electrons. The smallest absolute Gasteiger partial charge is 0.193 e. The molecule has 4 heterocycles. The van der Waals surface area contributed by atoms with Gasteiger partial charge < -0.3 is 24.3 Å².